The topological polar surface area (TPSA) is 26.0 Å². The van der Waals surface area contributed by atoms with Crippen LogP contribution in [-0.4, -0.2) is 0 Å². The minimum absolute atomic E-state index is 0.0796. The van der Waals surface area contributed by atoms with Crippen LogP contribution in [0.2, 0.25) is 0 Å². The van der Waals surface area contributed by atoms with E-state index < -0.39 is 0 Å². The Balaban J connectivity index is 2.06. The van der Waals surface area contributed by atoms with E-state index in [0.717, 1.165) is 12.8 Å². The van der Waals surface area contributed by atoms with Crippen LogP contribution in [0.5, 0.6) is 0 Å². The summed E-state index contributed by atoms with van der Waals surface area (Å²) >= 11 is 2.32. The van der Waals surface area contributed by atoms with Crippen LogP contribution in [0.15, 0.2) is 48.5 Å². The monoisotopic (exact) mass is 351 g/mol. The van der Waals surface area contributed by atoms with E-state index in [9.17, 15) is 0 Å². The summed E-state index contributed by atoms with van der Waals surface area (Å²) in [5, 5.41) is 0. The van der Waals surface area contributed by atoms with Crippen molar-refractivity contribution in [1.29, 1.82) is 0 Å². The second-order valence-corrected chi connectivity index (χ2v) is 5.78. The van der Waals surface area contributed by atoms with Crippen molar-refractivity contribution in [3.8, 4) is 0 Å². The molecule has 0 heterocycles. The molecular formula is C16H18IN. The van der Waals surface area contributed by atoms with Crippen LogP contribution in [0.4, 0.5) is 0 Å². The quantitative estimate of drug-likeness (QED) is 0.825. The average Bonchev–Trinajstić information content (AvgIpc) is 2.41. The molecule has 1 nitrogen and oxygen atoms in total. The summed E-state index contributed by atoms with van der Waals surface area (Å²) in [5.41, 5.74) is 10.1. The summed E-state index contributed by atoms with van der Waals surface area (Å²) in [4.78, 5) is 0. The first-order valence-corrected chi connectivity index (χ1v) is 7.35. The molecule has 0 saturated carbocycles. The summed E-state index contributed by atoms with van der Waals surface area (Å²) in [6.07, 6.45) is 1.97. The molecule has 0 amide bonds. The summed E-state index contributed by atoms with van der Waals surface area (Å²) in [7, 11) is 0. The van der Waals surface area contributed by atoms with Crippen LogP contribution in [0, 0.1) is 3.57 Å². The smallest absolute Gasteiger partial charge is 0.0335 e. The van der Waals surface area contributed by atoms with Crippen molar-refractivity contribution in [2.75, 3.05) is 0 Å². The molecular weight excluding hydrogens is 333 g/mol. The molecule has 0 bridgehead atoms. The maximum atomic E-state index is 6.25. The fourth-order valence-electron chi connectivity index (χ4n) is 1.99. The predicted molar refractivity (Wildman–Crippen MR) is 85.6 cm³/mol. The van der Waals surface area contributed by atoms with Gasteiger partial charge < -0.3 is 5.73 Å². The molecule has 2 heteroatoms. The molecule has 1 unspecified atom stereocenters. The Labute approximate surface area is 123 Å². The highest BCUT2D eigenvalue weighted by atomic mass is 127. The third-order valence-electron chi connectivity index (χ3n) is 3.18. The van der Waals surface area contributed by atoms with Crippen LogP contribution < -0.4 is 5.73 Å². The van der Waals surface area contributed by atoms with Gasteiger partial charge in [0.2, 0.25) is 0 Å². The van der Waals surface area contributed by atoms with Crippen molar-refractivity contribution in [2.24, 2.45) is 5.73 Å². The first-order chi connectivity index (χ1) is 8.69. The number of benzene rings is 2. The number of halogens is 1. The molecule has 2 aromatic rings. The zero-order valence-electron chi connectivity index (χ0n) is 10.6. The second kappa shape index (κ2) is 6.34. The van der Waals surface area contributed by atoms with Crippen molar-refractivity contribution in [3.05, 3.63) is 68.8 Å². The van der Waals surface area contributed by atoms with E-state index in [1.54, 1.807) is 0 Å². The van der Waals surface area contributed by atoms with Crippen molar-refractivity contribution in [3.63, 3.8) is 0 Å². The third kappa shape index (κ3) is 3.56. The van der Waals surface area contributed by atoms with Crippen LogP contribution in [0.1, 0.15) is 29.7 Å². The van der Waals surface area contributed by atoms with Gasteiger partial charge in [-0.25, -0.2) is 0 Å². The number of aryl methyl sites for hydroxylation is 1. The van der Waals surface area contributed by atoms with Gasteiger partial charge in [-0.2, -0.15) is 0 Å². The molecule has 1 atom stereocenters. The summed E-state index contributed by atoms with van der Waals surface area (Å²) in [6, 6.07) is 17.3. The van der Waals surface area contributed by atoms with E-state index in [-0.39, 0.29) is 6.04 Å². The highest BCUT2D eigenvalue weighted by molar-refractivity contribution is 14.1. The molecule has 0 saturated heterocycles. The Kier molecular flexibility index (Phi) is 4.78. The first-order valence-electron chi connectivity index (χ1n) is 6.28. The second-order valence-electron chi connectivity index (χ2n) is 4.53. The zero-order chi connectivity index (χ0) is 13.0. The first kappa shape index (κ1) is 13.6. The largest absolute Gasteiger partial charge is 0.324 e. The van der Waals surface area contributed by atoms with Gasteiger partial charge in [0, 0.05) is 9.61 Å². The molecule has 0 aromatic heterocycles. The minimum Gasteiger partial charge on any atom is -0.324 e. The summed E-state index contributed by atoms with van der Waals surface area (Å²) in [6.45, 7) is 2.17. The molecule has 2 N–H and O–H groups in total. The minimum atomic E-state index is 0.0796. The van der Waals surface area contributed by atoms with E-state index in [1.807, 2.05) is 0 Å². The molecule has 0 aliphatic carbocycles. The van der Waals surface area contributed by atoms with Gasteiger partial charge >= 0.3 is 0 Å². The van der Waals surface area contributed by atoms with Gasteiger partial charge in [-0.1, -0.05) is 43.3 Å². The van der Waals surface area contributed by atoms with Crippen LogP contribution in [-0.2, 0) is 12.8 Å². The molecule has 0 radical (unpaired) electrons. The summed E-state index contributed by atoms with van der Waals surface area (Å²) in [5.74, 6) is 0. The molecule has 2 rings (SSSR count). The number of rotatable bonds is 4. The van der Waals surface area contributed by atoms with Crippen molar-refractivity contribution in [1.82, 2.24) is 0 Å². The lowest BCUT2D eigenvalue weighted by Crippen LogP contribution is -2.13. The molecule has 0 spiro atoms. The maximum absolute atomic E-state index is 6.25. The van der Waals surface area contributed by atoms with Crippen LogP contribution >= 0.6 is 22.6 Å². The third-order valence-corrected chi connectivity index (χ3v) is 3.90. The van der Waals surface area contributed by atoms with Crippen molar-refractivity contribution >= 4 is 22.6 Å². The Hall–Kier alpha value is -0.870. The maximum Gasteiger partial charge on any atom is 0.0335 e. The fraction of sp³-hybridized carbons (Fsp3) is 0.250. The highest BCUT2D eigenvalue weighted by Gasteiger charge is 2.06. The Bertz CT molecular complexity index is 488. The van der Waals surface area contributed by atoms with E-state index in [4.69, 9.17) is 5.73 Å². The molecule has 0 fully saturated rings. The molecule has 94 valence electrons. The van der Waals surface area contributed by atoms with E-state index in [0.29, 0.717) is 0 Å². The van der Waals surface area contributed by atoms with Gasteiger partial charge in [0.25, 0.3) is 0 Å². The number of nitrogens with two attached hydrogens (primary N) is 1. The Morgan fingerprint density at radius 1 is 0.944 bits per heavy atom. The van der Waals surface area contributed by atoms with Gasteiger partial charge in [-0.3, -0.25) is 0 Å². The van der Waals surface area contributed by atoms with E-state index >= 15 is 0 Å². The van der Waals surface area contributed by atoms with Gasteiger partial charge in [0.15, 0.2) is 0 Å². The van der Waals surface area contributed by atoms with E-state index in [1.165, 1.54) is 20.3 Å². The van der Waals surface area contributed by atoms with Gasteiger partial charge in [0.05, 0.1) is 0 Å². The number of hydrogen-bond donors (Lipinski definition) is 1. The van der Waals surface area contributed by atoms with E-state index in [2.05, 4.69) is 78.0 Å². The fourth-order valence-corrected chi connectivity index (χ4v) is 2.35. The Morgan fingerprint density at radius 2 is 1.50 bits per heavy atom. The molecule has 0 aliphatic rings. The van der Waals surface area contributed by atoms with Crippen LogP contribution in [0.25, 0.3) is 0 Å². The van der Waals surface area contributed by atoms with Gasteiger partial charge in [-0.15, -0.1) is 0 Å². The number of hydrogen-bond acceptors (Lipinski definition) is 1. The highest BCUT2D eigenvalue weighted by Crippen LogP contribution is 2.17. The van der Waals surface area contributed by atoms with Crippen molar-refractivity contribution < 1.29 is 0 Å². The standard InChI is InChI=1S/C16H18IN/c1-2-12-3-7-14(8-4-12)16(18)11-13-5-9-15(17)10-6-13/h3-10,16H,2,11,18H2,1H3. The average molecular weight is 351 g/mol. The molecule has 2 aromatic carbocycles. The lowest BCUT2D eigenvalue weighted by molar-refractivity contribution is 0.721. The van der Waals surface area contributed by atoms with Gasteiger partial charge in [-0.05, 0) is 64.3 Å². The molecule has 0 aliphatic heterocycles. The SMILES string of the molecule is CCc1ccc(C(N)Cc2ccc(I)cc2)cc1. The normalized spacial score (nSPS) is 12.4. The lowest BCUT2D eigenvalue weighted by Gasteiger charge is -2.12. The van der Waals surface area contributed by atoms with Gasteiger partial charge in [0.1, 0.15) is 0 Å². The summed E-state index contributed by atoms with van der Waals surface area (Å²) < 4.78 is 1.26. The zero-order valence-corrected chi connectivity index (χ0v) is 12.7. The molecule has 18 heavy (non-hydrogen) atoms. The van der Waals surface area contributed by atoms with Crippen molar-refractivity contribution in [2.45, 2.75) is 25.8 Å². The van der Waals surface area contributed by atoms with Crippen LogP contribution in [0.3, 0.4) is 0 Å². The lowest BCUT2D eigenvalue weighted by atomic mass is 9.98. The predicted octanol–water partition coefficient (Wildman–Crippen LogP) is 4.10. The Morgan fingerprint density at radius 3 is 2.06 bits per heavy atom.